The van der Waals surface area contributed by atoms with Crippen molar-refractivity contribution in [3.8, 4) is 0 Å². The highest BCUT2D eigenvalue weighted by atomic mass is 35.5. The van der Waals surface area contributed by atoms with E-state index < -0.39 is 0 Å². The van der Waals surface area contributed by atoms with Crippen molar-refractivity contribution in [2.75, 3.05) is 5.88 Å². The molecule has 0 fully saturated rings. The Labute approximate surface area is 72.5 Å². The molecule has 0 aromatic rings. The van der Waals surface area contributed by atoms with Crippen LogP contribution in [0.2, 0.25) is 0 Å². The number of alkyl halides is 1. The lowest BCUT2D eigenvalue weighted by molar-refractivity contribution is 0.384. The maximum absolute atomic E-state index is 5.70. The number of halogens is 1. The van der Waals surface area contributed by atoms with Crippen molar-refractivity contribution in [2.45, 2.75) is 26.3 Å². The average molecular weight is 178 g/mol. The Bertz CT molecular complexity index is 152. The van der Waals surface area contributed by atoms with E-state index in [0.29, 0.717) is 11.8 Å². The lowest BCUT2D eigenvalue weighted by atomic mass is 9.92. The van der Waals surface area contributed by atoms with Gasteiger partial charge in [0, 0.05) is 5.88 Å². The van der Waals surface area contributed by atoms with Crippen molar-refractivity contribution >= 4 is 29.0 Å². The maximum Gasteiger partial charge on any atom is 0.0840 e. The van der Waals surface area contributed by atoms with Crippen LogP contribution in [-0.2, 0) is 0 Å². The van der Waals surface area contributed by atoms with Crippen LogP contribution in [0.3, 0.4) is 0 Å². The first-order chi connectivity index (χ1) is 4.56. The fraction of sp³-hybridized carbons (Fsp3) is 0.857. The summed E-state index contributed by atoms with van der Waals surface area (Å²) in [5.41, 5.74) is -0.233. The summed E-state index contributed by atoms with van der Waals surface area (Å²) in [5, 5.41) is 2.36. The SMILES string of the molecule is CC(C)C(C)(CCl)N=C=S. The standard InChI is InChI=1S/C7H12ClNS/c1-6(2)7(3,4-8)9-5-10/h6H,4H2,1-3H3. The predicted octanol–water partition coefficient (Wildman–Crippen LogP) is 2.74. The third-order valence-electron chi connectivity index (χ3n) is 1.82. The molecule has 0 saturated carbocycles. The molecule has 58 valence electrons. The first kappa shape index (κ1) is 10.1. The molecule has 0 bridgehead atoms. The molecule has 0 heterocycles. The molecule has 0 aromatic carbocycles. The predicted molar refractivity (Wildman–Crippen MR) is 49.0 cm³/mol. The summed E-state index contributed by atoms with van der Waals surface area (Å²) in [6.45, 7) is 6.11. The van der Waals surface area contributed by atoms with E-state index in [1.54, 1.807) is 0 Å². The van der Waals surface area contributed by atoms with Gasteiger partial charge < -0.3 is 0 Å². The molecule has 0 saturated heterocycles. The monoisotopic (exact) mass is 177 g/mol. The van der Waals surface area contributed by atoms with Gasteiger partial charge in [-0.3, -0.25) is 0 Å². The molecule has 0 rings (SSSR count). The molecule has 10 heavy (non-hydrogen) atoms. The van der Waals surface area contributed by atoms with Gasteiger partial charge in [0.15, 0.2) is 0 Å². The Kier molecular flexibility index (Phi) is 4.11. The van der Waals surface area contributed by atoms with Gasteiger partial charge in [0.25, 0.3) is 0 Å². The molecule has 0 radical (unpaired) electrons. The minimum Gasteiger partial charge on any atom is -0.225 e. The molecule has 0 N–H and O–H groups in total. The van der Waals surface area contributed by atoms with Crippen LogP contribution in [0.25, 0.3) is 0 Å². The van der Waals surface area contributed by atoms with Crippen molar-refractivity contribution in [2.24, 2.45) is 10.9 Å². The molecule has 3 heteroatoms. The van der Waals surface area contributed by atoms with Crippen molar-refractivity contribution < 1.29 is 0 Å². The van der Waals surface area contributed by atoms with E-state index in [1.165, 1.54) is 0 Å². The molecule has 0 amide bonds. The number of isothiocyanates is 1. The van der Waals surface area contributed by atoms with Crippen LogP contribution in [0.4, 0.5) is 0 Å². The molecule has 1 nitrogen and oxygen atoms in total. The second kappa shape index (κ2) is 4.07. The molecular formula is C7H12ClNS. The van der Waals surface area contributed by atoms with Gasteiger partial charge in [-0.15, -0.1) is 11.6 Å². The maximum atomic E-state index is 5.70. The first-order valence-corrected chi connectivity index (χ1v) is 4.16. The number of thiocarbonyl (C=S) groups is 1. The molecule has 0 aliphatic carbocycles. The number of aliphatic imine (C=N–C) groups is 1. The second-order valence-corrected chi connectivity index (χ2v) is 3.30. The number of hydrogen-bond acceptors (Lipinski definition) is 2. The summed E-state index contributed by atoms with van der Waals surface area (Å²) in [7, 11) is 0. The molecule has 1 atom stereocenters. The fourth-order valence-corrected chi connectivity index (χ4v) is 0.994. The lowest BCUT2D eigenvalue weighted by Crippen LogP contribution is -2.30. The summed E-state index contributed by atoms with van der Waals surface area (Å²) in [5.74, 6) is 0.898. The van der Waals surface area contributed by atoms with Gasteiger partial charge >= 0.3 is 0 Å². The van der Waals surface area contributed by atoms with Gasteiger partial charge in [-0.05, 0) is 25.1 Å². The van der Waals surface area contributed by atoms with Crippen LogP contribution in [0.5, 0.6) is 0 Å². The quantitative estimate of drug-likeness (QED) is 0.367. The molecular weight excluding hydrogens is 166 g/mol. The first-order valence-electron chi connectivity index (χ1n) is 3.22. The van der Waals surface area contributed by atoms with Crippen molar-refractivity contribution in [3.05, 3.63) is 0 Å². The van der Waals surface area contributed by atoms with Crippen molar-refractivity contribution in [1.82, 2.24) is 0 Å². The lowest BCUT2D eigenvalue weighted by Gasteiger charge is -2.24. The zero-order valence-corrected chi connectivity index (χ0v) is 8.09. The van der Waals surface area contributed by atoms with Gasteiger partial charge in [0.05, 0.1) is 10.7 Å². The van der Waals surface area contributed by atoms with E-state index in [2.05, 4.69) is 36.2 Å². The molecule has 0 aromatic heterocycles. The second-order valence-electron chi connectivity index (χ2n) is 2.85. The topological polar surface area (TPSA) is 12.4 Å². The minimum absolute atomic E-state index is 0.233. The van der Waals surface area contributed by atoms with E-state index in [9.17, 15) is 0 Å². The Hall–Kier alpha value is 0.0900. The van der Waals surface area contributed by atoms with Gasteiger partial charge in [-0.2, -0.15) is 0 Å². The average Bonchev–Trinajstić information content (AvgIpc) is 1.88. The molecule has 0 aliphatic rings. The fourth-order valence-electron chi connectivity index (χ4n) is 0.418. The Morgan fingerprint density at radius 2 is 2.20 bits per heavy atom. The number of nitrogens with zero attached hydrogens (tertiary/aromatic N) is 1. The highest BCUT2D eigenvalue weighted by Crippen LogP contribution is 2.21. The largest absolute Gasteiger partial charge is 0.225 e. The smallest absolute Gasteiger partial charge is 0.0840 e. The van der Waals surface area contributed by atoms with E-state index in [1.807, 2.05) is 6.92 Å². The third kappa shape index (κ3) is 2.37. The van der Waals surface area contributed by atoms with Crippen LogP contribution in [0.1, 0.15) is 20.8 Å². The molecule has 1 unspecified atom stereocenters. The number of hydrogen-bond donors (Lipinski definition) is 0. The van der Waals surface area contributed by atoms with E-state index in [4.69, 9.17) is 11.6 Å². The molecule has 0 aliphatic heterocycles. The van der Waals surface area contributed by atoms with E-state index in [0.717, 1.165) is 0 Å². The van der Waals surface area contributed by atoms with Crippen LogP contribution >= 0.6 is 23.8 Å². The number of rotatable bonds is 3. The van der Waals surface area contributed by atoms with E-state index >= 15 is 0 Å². The summed E-state index contributed by atoms with van der Waals surface area (Å²) in [4.78, 5) is 4.01. The summed E-state index contributed by atoms with van der Waals surface area (Å²) < 4.78 is 0. The highest BCUT2D eigenvalue weighted by Gasteiger charge is 2.25. The minimum atomic E-state index is -0.233. The van der Waals surface area contributed by atoms with Crippen molar-refractivity contribution in [3.63, 3.8) is 0 Å². The van der Waals surface area contributed by atoms with Gasteiger partial charge in [0.1, 0.15) is 0 Å². The summed E-state index contributed by atoms with van der Waals surface area (Å²) in [6.07, 6.45) is 0. The highest BCUT2D eigenvalue weighted by molar-refractivity contribution is 7.78. The Morgan fingerprint density at radius 3 is 2.30 bits per heavy atom. The van der Waals surface area contributed by atoms with Crippen LogP contribution in [0, 0.1) is 5.92 Å². The summed E-state index contributed by atoms with van der Waals surface area (Å²) >= 11 is 10.2. The zero-order chi connectivity index (χ0) is 8.20. The van der Waals surface area contributed by atoms with Gasteiger partial charge in [-0.25, -0.2) is 4.99 Å². The van der Waals surface area contributed by atoms with Crippen LogP contribution in [0.15, 0.2) is 4.99 Å². The van der Waals surface area contributed by atoms with Crippen molar-refractivity contribution in [1.29, 1.82) is 0 Å². The molecule has 0 spiro atoms. The van der Waals surface area contributed by atoms with Gasteiger partial charge in [0.2, 0.25) is 0 Å². The normalized spacial score (nSPS) is 16.1. The Morgan fingerprint density at radius 1 is 1.70 bits per heavy atom. The summed E-state index contributed by atoms with van der Waals surface area (Å²) in [6, 6.07) is 0. The van der Waals surface area contributed by atoms with E-state index in [-0.39, 0.29) is 5.54 Å². The van der Waals surface area contributed by atoms with Crippen LogP contribution in [-0.4, -0.2) is 16.6 Å². The van der Waals surface area contributed by atoms with Gasteiger partial charge in [-0.1, -0.05) is 13.8 Å². The van der Waals surface area contributed by atoms with Crippen LogP contribution < -0.4 is 0 Å². The Balaban J connectivity index is 4.37. The third-order valence-corrected chi connectivity index (χ3v) is 2.45. The zero-order valence-electron chi connectivity index (χ0n) is 6.52.